The molecule has 1 saturated carbocycles. The maximum Gasteiger partial charge on any atom is 0.193 e. The van der Waals surface area contributed by atoms with Crippen molar-refractivity contribution in [1.29, 1.82) is 0 Å². The fraction of sp³-hybridized carbons (Fsp3) is 0.611. The van der Waals surface area contributed by atoms with Gasteiger partial charge in [-0.15, -0.1) is 0 Å². The molecule has 0 aliphatic heterocycles. The summed E-state index contributed by atoms with van der Waals surface area (Å²) in [6.07, 6.45) is 3.72. The summed E-state index contributed by atoms with van der Waals surface area (Å²) in [5.41, 5.74) is 1.69. The van der Waals surface area contributed by atoms with Crippen LogP contribution in [0.5, 0.6) is 0 Å². The van der Waals surface area contributed by atoms with Gasteiger partial charge in [0, 0.05) is 44.9 Å². The average molecular weight is 382 g/mol. The van der Waals surface area contributed by atoms with E-state index in [1.54, 1.807) is 0 Å². The van der Waals surface area contributed by atoms with Crippen molar-refractivity contribution in [1.82, 2.24) is 10.2 Å². The maximum absolute atomic E-state index is 5.51. The topological polar surface area (TPSA) is 36.9 Å². The maximum atomic E-state index is 5.51. The van der Waals surface area contributed by atoms with Gasteiger partial charge < -0.3 is 15.0 Å². The number of nitrogens with zero attached hydrogens (tertiary/aromatic N) is 2. The van der Waals surface area contributed by atoms with Crippen LogP contribution in [0.1, 0.15) is 31.7 Å². The minimum absolute atomic E-state index is 0.420. The highest BCUT2D eigenvalue weighted by atomic mass is 79.9. The Morgan fingerprint density at radius 3 is 2.61 bits per heavy atom. The molecule has 5 heteroatoms. The molecular weight excluding hydrogens is 354 g/mol. The highest BCUT2D eigenvalue weighted by Gasteiger charge is 2.42. The Morgan fingerprint density at radius 1 is 1.35 bits per heavy atom. The molecule has 1 aliphatic carbocycles. The Morgan fingerprint density at radius 2 is 2.04 bits per heavy atom. The molecule has 0 radical (unpaired) electrons. The van der Waals surface area contributed by atoms with Crippen molar-refractivity contribution in [3.63, 3.8) is 0 Å². The third kappa shape index (κ3) is 5.81. The van der Waals surface area contributed by atoms with Crippen molar-refractivity contribution >= 4 is 21.9 Å². The summed E-state index contributed by atoms with van der Waals surface area (Å²) < 4.78 is 6.61. The van der Waals surface area contributed by atoms with Crippen LogP contribution in [0.3, 0.4) is 0 Å². The van der Waals surface area contributed by atoms with Crippen molar-refractivity contribution in [2.24, 2.45) is 10.4 Å². The summed E-state index contributed by atoms with van der Waals surface area (Å²) in [4.78, 5) is 6.59. The molecule has 1 aromatic rings. The van der Waals surface area contributed by atoms with Gasteiger partial charge in [-0.2, -0.15) is 0 Å². The molecule has 0 spiro atoms. The Kier molecular flexibility index (Phi) is 6.90. The van der Waals surface area contributed by atoms with E-state index in [0.717, 1.165) is 43.2 Å². The Labute approximate surface area is 148 Å². The number of hydrogen-bond donors (Lipinski definition) is 1. The lowest BCUT2D eigenvalue weighted by molar-refractivity contribution is 0.128. The fourth-order valence-electron chi connectivity index (χ4n) is 2.71. The molecule has 1 N–H and O–H groups in total. The van der Waals surface area contributed by atoms with Gasteiger partial charge in [-0.25, -0.2) is 0 Å². The van der Waals surface area contributed by atoms with Crippen LogP contribution in [-0.2, 0) is 11.3 Å². The van der Waals surface area contributed by atoms with Gasteiger partial charge in [0.2, 0.25) is 0 Å². The van der Waals surface area contributed by atoms with E-state index in [-0.39, 0.29) is 0 Å². The molecule has 0 unspecified atom stereocenters. The molecule has 128 valence electrons. The Hall–Kier alpha value is -1.07. The molecule has 23 heavy (non-hydrogen) atoms. The summed E-state index contributed by atoms with van der Waals surface area (Å²) in [5, 5.41) is 3.54. The fourth-order valence-corrected chi connectivity index (χ4v) is 2.98. The van der Waals surface area contributed by atoms with Crippen LogP contribution in [0.15, 0.2) is 33.7 Å². The normalized spacial score (nSPS) is 16.3. The number of hydrogen-bond acceptors (Lipinski definition) is 2. The van der Waals surface area contributed by atoms with Crippen LogP contribution >= 0.6 is 15.9 Å². The number of ether oxygens (including phenoxy) is 1. The number of rotatable bonds is 8. The van der Waals surface area contributed by atoms with Crippen LogP contribution in [-0.4, -0.2) is 44.7 Å². The first-order valence-electron chi connectivity index (χ1n) is 8.32. The molecule has 2 rings (SSSR count). The predicted octanol–water partition coefficient (Wildman–Crippen LogP) is 3.66. The monoisotopic (exact) mass is 381 g/mol. The van der Waals surface area contributed by atoms with Crippen molar-refractivity contribution in [2.45, 2.75) is 32.7 Å². The van der Waals surface area contributed by atoms with Gasteiger partial charge in [-0.05, 0) is 49.3 Å². The molecule has 0 saturated heterocycles. The molecule has 0 atom stereocenters. The standard InChI is InChI=1S/C18H28BrN3O/c1-4-23-12-11-18(9-10-18)14-21-17(20-2)22(3)13-15-5-7-16(19)8-6-15/h5-8H,4,9-14H2,1-3H3,(H,20,21). The molecule has 1 fully saturated rings. The SMILES string of the molecule is CCOCCC1(CNC(=NC)N(C)Cc2ccc(Br)cc2)CC1. The van der Waals surface area contributed by atoms with Gasteiger partial charge in [0.1, 0.15) is 0 Å². The summed E-state index contributed by atoms with van der Waals surface area (Å²) in [6.45, 7) is 5.56. The van der Waals surface area contributed by atoms with Gasteiger partial charge in [-0.3, -0.25) is 4.99 Å². The molecular formula is C18H28BrN3O. The largest absolute Gasteiger partial charge is 0.382 e. The number of halogens is 1. The van der Waals surface area contributed by atoms with E-state index in [0.29, 0.717) is 5.41 Å². The zero-order valence-electron chi connectivity index (χ0n) is 14.4. The lowest BCUT2D eigenvalue weighted by atomic mass is 10.0. The zero-order valence-corrected chi connectivity index (χ0v) is 16.0. The highest BCUT2D eigenvalue weighted by Crippen LogP contribution is 2.48. The predicted molar refractivity (Wildman–Crippen MR) is 99.7 cm³/mol. The number of aliphatic imine (C=N–C) groups is 1. The second-order valence-electron chi connectivity index (χ2n) is 6.33. The molecule has 0 heterocycles. The Balaban J connectivity index is 1.81. The van der Waals surface area contributed by atoms with Crippen LogP contribution in [0.2, 0.25) is 0 Å². The second kappa shape index (κ2) is 8.69. The lowest BCUT2D eigenvalue weighted by Gasteiger charge is -2.24. The van der Waals surface area contributed by atoms with Crippen molar-refractivity contribution < 1.29 is 4.74 Å². The average Bonchev–Trinajstić information content (AvgIpc) is 3.31. The summed E-state index contributed by atoms with van der Waals surface area (Å²) in [7, 11) is 3.93. The minimum Gasteiger partial charge on any atom is -0.382 e. The van der Waals surface area contributed by atoms with Crippen LogP contribution in [0, 0.1) is 5.41 Å². The number of guanidine groups is 1. The van der Waals surface area contributed by atoms with E-state index in [2.05, 4.69) is 69.4 Å². The number of nitrogens with one attached hydrogen (secondary N) is 1. The molecule has 0 amide bonds. The van der Waals surface area contributed by atoms with E-state index in [1.807, 2.05) is 7.05 Å². The first-order chi connectivity index (χ1) is 11.1. The van der Waals surface area contributed by atoms with E-state index in [4.69, 9.17) is 4.74 Å². The molecule has 1 aliphatic rings. The second-order valence-corrected chi connectivity index (χ2v) is 7.25. The highest BCUT2D eigenvalue weighted by molar-refractivity contribution is 9.10. The van der Waals surface area contributed by atoms with E-state index in [9.17, 15) is 0 Å². The number of benzene rings is 1. The van der Waals surface area contributed by atoms with Gasteiger partial charge in [-0.1, -0.05) is 28.1 Å². The van der Waals surface area contributed by atoms with Gasteiger partial charge >= 0.3 is 0 Å². The van der Waals surface area contributed by atoms with Crippen LogP contribution < -0.4 is 5.32 Å². The third-order valence-electron chi connectivity index (χ3n) is 4.47. The van der Waals surface area contributed by atoms with E-state index in [1.165, 1.54) is 18.4 Å². The summed E-state index contributed by atoms with van der Waals surface area (Å²) in [5.74, 6) is 0.954. The summed E-state index contributed by atoms with van der Waals surface area (Å²) >= 11 is 3.47. The van der Waals surface area contributed by atoms with Gasteiger partial charge in [0.15, 0.2) is 5.96 Å². The van der Waals surface area contributed by atoms with Crippen LogP contribution in [0.4, 0.5) is 0 Å². The Bertz CT molecular complexity index is 512. The minimum atomic E-state index is 0.420. The van der Waals surface area contributed by atoms with Crippen molar-refractivity contribution in [2.75, 3.05) is 33.9 Å². The first kappa shape index (κ1) is 18.3. The van der Waals surface area contributed by atoms with Crippen LogP contribution in [0.25, 0.3) is 0 Å². The molecule has 0 bridgehead atoms. The van der Waals surface area contributed by atoms with Crippen molar-refractivity contribution in [3.05, 3.63) is 34.3 Å². The lowest BCUT2D eigenvalue weighted by Crippen LogP contribution is -2.41. The molecule has 1 aromatic carbocycles. The smallest absolute Gasteiger partial charge is 0.193 e. The molecule has 4 nitrogen and oxygen atoms in total. The zero-order chi connectivity index (χ0) is 16.7. The molecule has 0 aromatic heterocycles. The van der Waals surface area contributed by atoms with Gasteiger partial charge in [0.25, 0.3) is 0 Å². The van der Waals surface area contributed by atoms with Gasteiger partial charge in [0.05, 0.1) is 0 Å². The van der Waals surface area contributed by atoms with Crippen molar-refractivity contribution in [3.8, 4) is 0 Å². The first-order valence-corrected chi connectivity index (χ1v) is 9.12. The summed E-state index contributed by atoms with van der Waals surface area (Å²) in [6, 6.07) is 8.43. The quantitative estimate of drug-likeness (QED) is 0.424. The van der Waals surface area contributed by atoms with E-state index >= 15 is 0 Å². The third-order valence-corrected chi connectivity index (χ3v) is 4.99. The van der Waals surface area contributed by atoms with E-state index < -0.39 is 0 Å².